The van der Waals surface area contributed by atoms with Gasteiger partial charge < -0.3 is 10.6 Å². The highest BCUT2D eigenvalue weighted by Gasteiger charge is 2.23. The number of aromatic nitrogens is 2. The Kier molecular flexibility index (Phi) is 4.41. The normalized spacial score (nSPS) is 13.5. The Balaban J connectivity index is 1.66. The number of carbonyl (C=O) groups excluding carboxylic acids is 1. The van der Waals surface area contributed by atoms with Gasteiger partial charge in [-0.1, -0.05) is 25.1 Å². The third-order valence-corrected chi connectivity index (χ3v) is 3.81. The van der Waals surface area contributed by atoms with Crippen LogP contribution in [0.2, 0.25) is 0 Å². The van der Waals surface area contributed by atoms with E-state index < -0.39 is 0 Å². The largest absolute Gasteiger partial charge is 0.338 e. The number of nitrogens with one attached hydrogen (secondary N) is 3. The monoisotopic (exact) mass is 311 g/mol. The van der Waals surface area contributed by atoms with E-state index in [-0.39, 0.29) is 6.03 Å². The molecule has 0 saturated heterocycles. The number of aryl methyl sites for hydroxylation is 2. The second-order valence-electron chi connectivity index (χ2n) is 5.76. The number of rotatable bonds is 5. The second-order valence-corrected chi connectivity index (χ2v) is 5.76. The number of anilines is 3. The Morgan fingerprint density at radius 2 is 1.91 bits per heavy atom. The van der Waals surface area contributed by atoms with Gasteiger partial charge in [-0.3, -0.25) is 5.32 Å². The predicted octanol–water partition coefficient (Wildman–Crippen LogP) is 3.37. The van der Waals surface area contributed by atoms with Crippen molar-refractivity contribution in [3.63, 3.8) is 0 Å². The van der Waals surface area contributed by atoms with E-state index in [0.717, 1.165) is 30.5 Å². The molecule has 1 aliphatic rings. The van der Waals surface area contributed by atoms with Crippen LogP contribution in [-0.2, 0) is 6.42 Å². The summed E-state index contributed by atoms with van der Waals surface area (Å²) in [5.41, 5.74) is 3.46. The van der Waals surface area contributed by atoms with Gasteiger partial charge in [0.1, 0.15) is 0 Å². The number of urea groups is 1. The fourth-order valence-electron chi connectivity index (χ4n) is 2.36. The molecule has 120 valence electrons. The fourth-order valence-corrected chi connectivity index (χ4v) is 2.36. The smallest absolute Gasteiger partial charge is 0.320 e. The van der Waals surface area contributed by atoms with Crippen molar-refractivity contribution in [2.45, 2.75) is 39.2 Å². The third kappa shape index (κ3) is 3.97. The average Bonchev–Trinajstić information content (AvgIpc) is 3.35. The van der Waals surface area contributed by atoms with Crippen LogP contribution in [-0.4, -0.2) is 22.3 Å². The number of amides is 2. The highest BCUT2D eigenvalue weighted by molar-refractivity contribution is 5.88. The summed E-state index contributed by atoms with van der Waals surface area (Å²) in [6.07, 6.45) is 3.05. The van der Waals surface area contributed by atoms with Gasteiger partial charge >= 0.3 is 6.03 Å². The maximum Gasteiger partial charge on any atom is 0.320 e. The molecule has 1 heterocycles. The summed E-state index contributed by atoms with van der Waals surface area (Å²) in [4.78, 5) is 11.7. The molecule has 0 bridgehead atoms. The van der Waals surface area contributed by atoms with Crippen LogP contribution < -0.4 is 16.0 Å². The highest BCUT2D eigenvalue weighted by Crippen LogP contribution is 2.24. The summed E-state index contributed by atoms with van der Waals surface area (Å²) >= 11 is 0. The first-order chi connectivity index (χ1) is 11.2. The molecule has 0 atom stereocenters. The first-order valence-corrected chi connectivity index (χ1v) is 7.92. The number of para-hydroxylation sites is 1. The summed E-state index contributed by atoms with van der Waals surface area (Å²) in [7, 11) is 0. The summed E-state index contributed by atoms with van der Waals surface area (Å²) in [5, 5.41) is 17.0. The van der Waals surface area contributed by atoms with Crippen LogP contribution >= 0.6 is 0 Å². The minimum atomic E-state index is -0.227. The predicted molar refractivity (Wildman–Crippen MR) is 91.0 cm³/mol. The van der Waals surface area contributed by atoms with Gasteiger partial charge in [0.15, 0.2) is 11.6 Å². The van der Waals surface area contributed by atoms with E-state index in [2.05, 4.69) is 58.2 Å². The molecule has 23 heavy (non-hydrogen) atoms. The quantitative estimate of drug-likeness (QED) is 0.791. The lowest BCUT2D eigenvalue weighted by atomic mass is 10.1. The molecule has 1 aliphatic carbocycles. The Labute approximate surface area is 135 Å². The van der Waals surface area contributed by atoms with E-state index in [1.54, 1.807) is 6.07 Å². The molecule has 1 fully saturated rings. The first-order valence-electron chi connectivity index (χ1n) is 7.92. The Morgan fingerprint density at radius 1 is 1.17 bits per heavy atom. The summed E-state index contributed by atoms with van der Waals surface area (Å²) < 4.78 is 0. The summed E-state index contributed by atoms with van der Waals surface area (Å²) in [5.74, 6) is 1.09. The van der Waals surface area contributed by atoms with E-state index in [0.29, 0.717) is 17.7 Å². The van der Waals surface area contributed by atoms with Gasteiger partial charge in [-0.2, -0.15) is 0 Å². The van der Waals surface area contributed by atoms with Crippen molar-refractivity contribution in [1.82, 2.24) is 15.5 Å². The Bertz CT molecular complexity index is 695. The van der Waals surface area contributed by atoms with E-state index in [4.69, 9.17) is 0 Å². The van der Waals surface area contributed by atoms with E-state index in [1.165, 1.54) is 5.56 Å². The van der Waals surface area contributed by atoms with Crippen molar-refractivity contribution < 1.29 is 4.79 Å². The zero-order chi connectivity index (χ0) is 16.2. The third-order valence-electron chi connectivity index (χ3n) is 3.81. The van der Waals surface area contributed by atoms with E-state index >= 15 is 0 Å². The molecule has 0 unspecified atom stereocenters. The van der Waals surface area contributed by atoms with Gasteiger partial charge in [0.05, 0.1) is 0 Å². The van der Waals surface area contributed by atoms with Crippen LogP contribution in [0.15, 0.2) is 30.3 Å². The Hall–Kier alpha value is -2.63. The summed E-state index contributed by atoms with van der Waals surface area (Å²) in [6, 6.07) is 9.86. The Morgan fingerprint density at radius 3 is 2.57 bits per heavy atom. The number of carbonyl (C=O) groups is 1. The van der Waals surface area contributed by atoms with Crippen molar-refractivity contribution in [3.05, 3.63) is 41.5 Å². The number of hydrogen-bond acceptors (Lipinski definition) is 4. The van der Waals surface area contributed by atoms with Gasteiger partial charge in [0, 0.05) is 11.7 Å². The lowest BCUT2D eigenvalue weighted by molar-refractivity contribution is 0.251. The van der Waals surface area contributed by atoms with Crippen LogP contribution in [0.3, 0.4) is 0 Å². The molecule has 1 aromatic carbocycles. The number of nitrogens with zero attached hydrogens (tertiary/aromatic N) is 2. The van der Waals surface area contributed by atoms with Crippen molar-refractivity contribution in [2.75, 3.05) is 10.6 Å². The topological polar surface area (TPSA) is 78.9 Å². The van der Waals surface area contributed by atoms with Gasteiger partial charge in [0.25, 0.3) is 0 Å². The molecule has 1 aromatic heterocycles. The van der Waals surface area contributed by atoms with Crippen LogP contribution in [0.25, 0.3) is 0 Å². The molecule has 1 saturated carbocycles. The molecule has 3 N–H and O–H groups in total. The second kappa shape index (κ2) is 6.64. The lowest BCUT2D eigenvalue weighted by Gasteiger charge is -2.13. The number of hydrogen-bond donors (Lipinski definition) is 3. The lowest BCUT2D eigenvalue weighted by Crippen LogP contribution is -2.30. The maximum absolute atomic E-state index is 11.7. The zero-order valence-electron chi connectivity index (χ0n) is 13.4. The van der Waals surface area contributed by atoms with Gasteiger partial charge in [-0.05, 0) is 49.4 Å². The standard InChI is InChI=1S/C17H21N5O/c1-3-12-6-4-5-11(2)16(12)19-14-9-10-15(22-21-14)20-17(23)18-13-7-8-13/h4-6,9-10,13H,3,7-8H2,1-2H3,(H,19,21)(H2,18,20,22,23). The molecule has 2 amide bonds. The van der Waals surface area contributed by atoms with Crippen LogP contribution in [0.1, 0.15) is 30.9 Å². The summed E-state index contributed by atoms with van der Waals surface area (Å²) in [6.45, 7) is 4.18. The fraction of sp³-hybridized carbons (Fsp3) is 0.353. The molecule has 6 nitrogen and oxygen atoms in total. The van der Waals surface area contributed by atoms with Gasteiger partial charge in [0.2, 0.25) is 0 Å². The maximum atomic E-state index is 11.7. The molecule has 0 aliphatic heterocycles. The zero-order valence-corrected chi connectivity index (χ0v) is 13.4. The molecule has 3 rings (SSSR count). The van der Waals surface area contributed by atoms with Crippen molar-refractivity contribution >= 4 is 23.4 Å². The minimum absolute atomic E-state index is 0.227. The van der Waals surface area contributed by atoms with Crippen LogP contribution in [0, 0.1) is 6.92 Å². The molecule has 2 aromatic rings. The molecule has 0 radical (unpaired) electrons. The molecule has 0 spiro atoms. The van der Waals surface area contributed by atoms with Crippen LogP contribution in [0.5, 0.6) is 0 Å². The SMILES string of the molecule is CCc1cccc(C)c1Nc1ccc(NC(=O)NC2CC2)nn1. The van der Waals surface area contributed by atoms with Crippen molar-refractivity contribution in [1.29, 1.82) is 0 Å². The molecule has 6 heteroatoms. The van der Waals surface area contributed by atoms with Crippen molar-refractivity contribution in [2.24, 2.45) is 0 Å². The van der Waals surface area contributed by atoms with Crippen molar-refractivity contribution in [3.8, 4) is 0 Å². The molecular weight excluding hydrogens is 290 g/mol. The van der Waals surface area contributed by atoms with Gasteiger partial charge in [-0.25, -0.2) is 4.79 Å². The molecular formula is C17H21N5O. The van der Waals surface area contributed by atoms with E-state index in [1.807, 2.05) is 6.07 Å². The highest BCUT2D eigenvalue weighted by atomic mass is 16.2. The van der Waals surface area contributed by atoms with E-state index in [9.17, 15) is 4.79 Å². The minimum Gasteiger partial charge on any atom is -0.338 e. The average molecular weight is 311 g/mol. The van der Waals surface area contributed by atoms with Gasteiger partial charge in [-0.15, -0.1) is 10.2 Å². The number of benzene rings is 1. The first kappa shape index (κ1) is 15.3. The van der Waals surface area contributed by atoms with Crippen LogP contribution in [0.4, 0.5) is 22.1 Å².